The van der Waals surface area contributed by atoms with E-state index in [1.54, 1.807) is 17.2 Å². The molecule has 2 amide bonds. The van der Waals surface area contributed by atoms with E-state index in [0.29, 0.717) is 36.9 Å². The highest BCUT2D eigenvalue weighted by atomic mass is 16.5. The summed E-state index contributed by atoms with van der Waals surface area (Å²) in [7, 11) is 1.36. The second kappa shape index (κ2) is 13.6. The minimum absolute atomic E-state index is 0.0189. The standard InChI is InChI=1S/C30H44N2O7/c1-4-5-14-37-15-9-13-31-27(33)17-23-19-30(29(35)36-3)21(2)39-25(22-10-6-7-11-22)18-26(30)32(28(23)34)20-24-12-8-16-38-24/h8,12,16,18,21-23,25H,4-7,9-11,13-15,17,19-20H2,1-3H3,(H,31,33)/t21-,23+,25-,30+/m1/s1. The minimum Gasteiger partial charge on any atom is -0.468 e. The number of amides is 2. The van der Waals surface area contributed by atoms with Crippen molar-refractivity contribution in [1.82, 2.24) is 10.2 Å². The van der Waals surface area contributed by atoms with E-state index in [4.69, 9.17) is 18.6 Å². The van der Waals surface area contributed by atoms with Crippen molar-refractivity contribution in [2.45, 2.75) is 90.4 Å². The number of nitrogens with one attached hydrogen (secondary N) is 1. The lowest BCUT2D eigenvalue weighted by Crippen LogP contribution is -2.60. The summed E-state index contributed by atoms with van der Waals surface area (Å²) in [5.74, 6) is -0.600. The first-order chi connectivity index (χ1) is 18.9. The van der Waals surface area contributed by atoms with Gasteiger partial charge >= 0.3 is 5.97 Å². The minimum atomic E-state index is -1.19. The number of likely N-dealkylation sites (tertiary alicyclic amines) is 1. The summed E-state index contributed by atoms with van der Waals surface area (Å²) in [5.41, 5.74) is -0.574. The van der Waals surface area contributed by atoms with Gasteiger partial charge in [-0.2, -0.15) is 0 Å². The Labute approximate surface area is 231 Å². The summed E-state index contributed by atoms with van der Waals surface area (Å²) in [5, 5.41) is 2.91. The number of rotatable bonds is 13. The molecule has 1 saturated heterocycles. The van der Waals surface area contributed by atoms with Gasteiger partial charge in [-0.05, 0) is 63.2 Å². The molecule has 0 aromatic carbocycles. The second-order valence-electron chi connectivity index (χ2n) is 11.1. The monoisotopic (exact) mass is 544 g/mol. The van der Waals surface area contributed by atoms with E-state index < -0.39 is 23.4 Å². The quantitative estimate of drug-likeness (QED) is 0.290. The fourth-order valence-electron chi connectivity index (χ4n) is 6.32. The summed E-state index contributed by atoms with van der Waals surface area (Å²) >= 11 is 0. The molecule has 9 nitrogen and oxygen atoms in total. The lowest BCUT2D eigenvalue weighted by atomic mass is 9.66. The molecule has 0 bridgehead atoms. The van der Waals surface area contributed by atoms with Crippen molar-refractivity contribution in [3.05, 3.63) is 35.9 Å². The van der Waals surface area contributed by atoms with Crippen LogP contribution in [0.3, 0.4) is 0 Å². The Morgan fingerprint density at radius 2 is 1.97 bits per heavy atom. The van der Waals surface area contributed by atoms with Crippen LogP contribution in [0, 0.1) is 17.3 Å². The van der Waals surface area contributed by atoms with Crippen LogP contribution in [-0.4, -0.2) is 61.8 Å². The van der Waals surface area contributed by atoms with Crippen LogP contribution in [-0.2, 0) is 35.1 Å². The number of carbonyl (C=O) groups is 3. The van der Waals surface area contributed by atoms with Crippen LogP contribution < -0.4 is 5.32 Å². The maximum atomic E-state index is 14.0. The molecular weight excluding hydrogens is 500 g/mol. The number of hydrogen-bond donors (Lipinski definition) is 1. The van der Waals surface area contributed by atoms with Gasteiger partial charge in [0.25, 0.3) is 0 Å². The predicted octanol–water partition coefficient (Wildman–Crippen LogP) is 4.36. The zero-order chi connectivity index (χ0) is 27.8. The average Bonchev–Trinajstić information content (AvgIpc) is 3.65. The molecule has 4 atom stereocenters. The van der Waals surface area contributed by atoms with Crippen molar-refractivity contribution in [1.29, 1.82) is 0 Å². The molecule has 2 fully saturated rings. The summed E-state index contributed by atoms with van der Waals surface area (Å²) in [4.78, 5) is 42.1. The third kappa shape index (κ3) is 6.57. The van der Waals surface area contributed by atoms with E-state index in [0.717, 1.165) is 45.1 Å². The lowest BCUT2D eigenvalue weighted by Gasteiger charge is -2.52. The van der Waals surface area contributed by atoms with Gasteiger partial charge in [0.05, 0.1) is 32.1 Å². The van der Waals surface area contributed by atoms with Gasteiger partial charge in [0, 0.05) is 37.8 Å². The molecule has 1 aromatic rings. The first kappa shape index (κ1) is 29.3. The van der Waals surface area contributed by atoms with Gasteiger partial charge in [0.15, 0.2) is 0 Å². The van der Waals surface area contributed by atoms with E-state index in [1.807, 2.05) is 19.1 Å². The molecule has 1 saturated carbocycles. The zero-order valence-electron chi connectivity index (χ0n) is 23.6. The van der Waals surface area contributed by atoms with Gasteiger partial charge < -0.3 is 28.8 Å². The molecule has 9 heteroatoms. The number of hydrogen-bond acceptors (Lipinski definition) is 7. The highest BCUT2D eigenvalue weighted by molar-refractivity contribution is 5.92. The third-order valence-corrected chi connectivity index (χ3v) is 8.48. The number of ether oxygens (including phenoxy) is 3. The molecule has 4 rings (SSSR count). The second-order valence-corrected chi connectivity index (χ2v) is 11.1. The van der Waals surface area contributed by atoms with Crippen LogP contribution in [0.1, 0.15) is 77.4 Å². The largest absolute Gasteiger partial charge is 0.468 e. The number of methoxy groups -OCH3 is 1. The van der Waals surface area contributed by atoms with Crippen LogP contribution in [0.15, 0.2) is 34.6 Å². The molecule has 0 unspecified atom stereocenters. The molecule has 0 spiro atoms. The summed E-state index contributed by atoms with van der Waals surface area (Å²) in [6, 6.07) is 3.58. The Bertz CT molecular complexity index is 1000. The average molecular weight is 545 g/mol. The molecule has 1 N–H and O–H groups in total. The molecule has 3 aliphatic rings. The fourth-order valence-corrected chi connectivity index (χ4v) is 6.32. The molecule has 1 aliphatic carbocycles. The molecule has 39 heavy (non-hydrogen) atoms. The van der Waals surface area contributed by atoms with Crippen molar-refractivity contribution >= 4 is 17.8 Å². The van der Waals surface area contributed by atoms with Crippen LogP contribution in [0.2, 0.25) is 0 Å². The zero-order valence-corrected chi connectivity index (χ0v) is 23.6. The SMILES string of the molecule is CCCCOCCCNC(=O)C[C@H]1C[C@@]2(C(=O)OC)C(=C[C@H](C3CCCC3)O[C@@H]2C)N(Cc2ccco2)C1=O. The van der Waals surface area contributed by atoms with Gasteiger partial charge in [-0.1, -0.05) is 26.2 Å². The summed E-state index contributed by atoms with van der Waals surface area (Å²) in [6.07, 6.45) is 10.2. The number of fused-ring (bicyclic) bond motifs is 1. The Morgan fingerprint density at radius 3 is 2.67 bits per heavy atom. The number of furan rings is 1. The fraction of sp³-hybridized carbons (Fsp3) is 0.700. The van der Waals surface area contributed by atoms with Crippen molar-refractivity contribution in [2.24, 2.45) is 17.3 Å². The molecule has 3 heterocycles. The van der Waals surface area contributed by atoms with Gasteiger partial charge in [0.1, 0.15) is 11.2 Å². The number of carbonyl (C=O) groups excluding carboxylic acids is 3. The molecule has 1 aromatic heterocycles. The van der Waals surface area contributed by atoms with Crippen molar-refractivity contribution < 1.29 is 33.0 Å². The van der Waals surface area contributed by atoms with Crippen LogP contribution in [0.4, 0.5) is 0 Å². The van der Waals surface area contributed by atoms with Gasteiger partial charge in [0.2, 0.25) is 11.8 Å². The third-order valence-electron chi connectivity index (χ3n) is 8.48. The summed E-state index contributed by atoms with van der Waals surface area (Å²) < 4.78 is 23.0. The van der Waals surface area contributed by atoms with Crippen LogP contribution >= 0.6 is 0 Å². The Morgan fingerprint density at radius 1 is 1.21 bits per heavy atom. The first-order valence-corrected chi connectivity index (χ1v) is 14.5. The van der Waals surface area contributed by atoms with Crippen molar-refractivity contribution in [3.63, 3.8) is 0 Å². The van der Waals surface area contributed by atoms with Gasteiger partial charge in [-0.25, -0.2) is 0 Å². The van der Waals surface area contributed by atoms with E-state index in [9.17, 15) is 14.4 Å². The van der Waals surface area contributed by atoms with E-state index in [1.165, 1.54) is 7.11 Å². The first-order valence-electron chi connectivity index (χ1n) is 14.5. The Kier molecular flexibility index (Phi) is 10.2. The number of unbranched alkanes of at least 4 members (excludes halogenated alkanes) is 1. The van der Waals surface area contributed by atoms with Crippen molar-refractivity contribution in [2.75, 3.05) is 26.9 Å². The maximum Gasteiger partial charge on any atom is 0.320 e. The van der Waals surface area contributed by atoms with Gasteiger partial charge in [-0.3, -0.25) is 14.4 Å². The predicted molar refractivity (Wildman–Crippen MR) is 144 cm³/mol. The van der Waals surface area contributed by atoms with Crippen LogP contribution in [0.25, 0.3) is 0 Å². The lowest BCUT2D eigenvalue weighted by molar-refractivity contribution is -0.178. The molecular formula is C30H44N2O7. The number of nitrogens with zero attached hydrogens (tertiary/aromatic N) is 1. The van der Waals surface area contributed by atoms with Gasteiger partial charge in [-0.15, -0.1) is 0 Å². The highest BCUT2D eigenvalue weighted by Gasteiger charge is 2.60. The molecule has 216 valence electrons. The van der Waals surface area contributed by atoms with Crippen molar-refractivity contribution in [3.8, 4) is 0 Å². The number of piperidine rings is 1. The number of esters is 1. The Hall–Kier alpha value is -2.65. The smallest absolute Gasteiger partial charge is 0.320 e. The Balaban J connectivity index is 1.56. The van der Waals surface area contributed by atoms with E-state index in [2.05, 4.69) is 12.2 Å². The summed E-state index contributed by atoms with van der Waals surface area (Å²) in [6.45, 7) is 5.95. The maximum absolute atomic E-state index is 14.0. The van der Waals surface area contributed by atoms with Crippen LogP contribution in [0.5, 0.6) is 0 Å². The van der Waals surface area contributed by atoms with E-state index >= 15 is 0 Å². The van der Waals surface area contributed by atoms with E-state index in [-0.39, 0.29) is 37.3 Å². The molecule has 0 radical (unpaired) electrons. The topological polar surface area (TPSA) is 107 Å². The highest BCUT2D eigenvalue weighted by Crippen LogP contribution is 2.52. The normalized spacial score (nSPS) is 27.3. The molecule has 2 aliphatic heterocycles.